The number of amides is 1. The molecule has 0 bridgehead atoms. The van der Waals surface area contributed by atoms with Crippen LogP contribution in [-0.2, 0) is 25.9 Å². The predicted molar refractivity (Wildman–Crippen MR) is 131 cm³/mol. The standard InChI is InChI=1S/C26H25NO8S/c1-17(28)34-21-8-10-24(32-2)25(15-21)35-23-9-7-19(13-20(23)16-27-11-12-33-26(27)29)18-5-4-6-22(14-18)36(3,30)31/h4-10,13-15H,11-12,16H2,1-3H3. The smallest absolute Gasteiger partial charge is 0.410 e. The molecule has 0 spiro atoms. The number of benzene rings is 3. The van der Waals surface area contributed by atoms with Crippen LogP contribution in [0, 0.1) is 0 Å². The summed E-state index contributed by atoms with van der Waals surface area (Å²) in [5, 5.41) is 0. The second-order valence-electron chi connectivity index (χ2n) is 8.17. The molecule has 3 aromatic carbocycles. The quantitative estimate of drug-likeness (QED) is 0.323. The van der Waals surface area contributed by atoms with Gasteiger partial charge in [-0.15, -0.1) is 0 Å². The van der Waals surface area contributed by atoms with Gasteiger partial charge in [-0.2, -0.15) is 0 Å². The normalized spacial score (nSPS) is 13.3. The molecule has 36 heavy (non-hydrogen) atoms. The lowest BCUT2D eigenvalue weighted by molar-refractivity contribution is -0.131. The molecule has 1 saturated heterocycles. The molecule has 1 amide bonds. The lowest BCUT2D eigenvalue weighted by Crippen LogP contribution is -2.23. The number of esters is 1. The summed E-state index contributed by atoms with van der Waals surface area (Å²) in [6, 6.07) is 16.8. The fourth-order valence-corrected chi connectivity index (χ4v) is 4.41. The molecule has 0 unspecified atom stereocenters. The second kappa shape index (κ2) is 10.3. The third kappa shape index (κ3) is 5.77. The lowest BCUT2D eigenvalue weighted by atomic mass is 10.0. The summed E-state index contributed by atoms with van der Waals surface area (Å²) in [6.07, 6.45) is 0.727. The van der Waals surface area contributed by atoms with E-state index in [9.17, 15) is 18.0 Å². The van der Waals surface area contributed by atoms with Crippen molar-refractivity contribution in [3.8, 4) is 34.1 Å². The molecule has 1 fully saturated rings. The Labute approximate surface area is 209 Å². The number of hydrogen-bond donors (Lipinski definition) is 0. The van der Waals surface area contributed by atoms with Gasteiger partial charge in [0.25, 0.3) is 0 Å². The fraction of sp³-hybridized carbons (Fsp3) is 0.231. The van der Waals surface area contributed by atoms with Gasteiger partial charge in [0.15, 0.2) is 21.3 Å². The molecule has 4 rings (SSSR count). The molecule has 188 valence electrons. The molecule has 1 aliphatic heterocycles. The molecule has 10 heteroatoms. The van der Waals surface area contributed by atoms with Crippen LogP contribution in [0.4, 0.5) is 4.79 Å². The van der Waals surface area contributed by atoms with Crippen LogP contribution in [0.1, 0.15) is 12.5 Å². The van der Waals surface area contributed by atoms with Crippen LogP contribution < -0.4 is 14.2 Å². The third-order valence-electron chi connectivity index (χ3n) is 5.48. The summed E-state index contributed by atoms with van der Waals surface area (Å²) >= 11 is 0. The van der Waals surface area contributed by atoms with Crippen LogP contribution in [-0.4, -0.2) is 51.9 Å². The van der Waals surface area contributed by atoms with E-state index in [2.05, 4.69) is 0 Å². The van der Waals surface area contributed by atoms with Gasteiger partial charge in [-0.25, -0.2) is 13.2 Å². The molecular weight excluding hydrogens is 486 g/mol. The van der Waals surface area contributed by atoms with E-state index in [0.29, 0.717) is 41.5 Å². The molecule has 9 nitrogen and oxygen atoms in total. The topological polar surface area (TPSA) is 108 Å². The van der Waals surface area contributed by atoms with E-state index in [-0.39, 0.29) is 17.2 Å². The molecule has 0 radical (unpaired) electrons. The zero-order valence-corrected chi connectivity index (χ0v) is 20.8. The van der Waals surface area contributed by atoms with Gasteiger partial charge >= 0.3 is 12.1 Å². The van der Waals surface area contributed by atoms with E-state index in [1.54, 1.807) is 47.4 Å². The number of carbonyl (C=O) groups excluding carboxylic acids is 2. The van der Waals surface area contributed by atoms with Gasteiger partial charge < -0.3 is 23.8 Å². The lowest BCUT2D eigenvalue weighted by Gasteiger charge is -2.19. The monoisotopic (exact) mass is 511 g/mol. The van der Waals surface area contributed by atoms with E-state index in [0.717, 1.165) is 11.8 Å². The fourth-order valence-electron chi connectivity index (χ4n) is 3.75. The SMILES string of the molecule is COc1ccc(OC(C)=O)cc1Oc1ccc(-c2cccc(S(C)(=O)=O)c2)cc1CN1CCOC1=O. The number of nitrogens with zero attached hydrogens (tertiary/aromatic N) is 1. The third-order valence-corrected chi connectivity index (χ3v) is 6.59. The van der Waals surface area contributed by atoms with Crippen molar-refractivity contribution in [1.82, 2.24) is 4.90 Å². The van der Waals surface area contributed by atoms with Crippen molar-refractivity contribution in [2.45, 2.75) is 18.4 Å². The van der Waals surface area contributed by atoms with E-state index in [1.807, 2.05) is 12.1 Å². The predicted octanol–water partition coefficient (Wildman–Crippen LogP) is 4.44. The molecule has 1 heterocycles. The number of sulfone groups is 1. The van der Waals surface area contributed by atoms with Gasteiger partial charge in [0, 0.05) is 24.8 Å². The van der Waals surface area contributed by atoms with E-state index in [4.69, 9.17) is 18.9 Å². The molecule has 0 saturated carbocycles. The molecular formula is C26H25NO8S. The van der Waals surface area contributed by atoms with Crippen molar-refractivity contribution in [3.05, 3.63) is 66.2 Å². The summed E-state index contributed by atoms with van der Waals surface area (Å²) in [7, 11) is -1.89. The second-order valence-corrected chi connectivity index (χ2v) is 10.2. The zero-order chi connectivity index (χ0) is 25.9. The number of methoxy groups -OCH3 is 1. The summed E-state index contributed by atoms with van der Waals surface area (Å²) in [6.45, 7) is 2.23. The Kier molecular flexibility index (Phi) is 7.16. The summed E-state index contributed by atoms with van der Waals surface area (Å²) in [5.41, 5.74) is 2.11. The Balaban J connectivity index is 1.75. The molecule has 0 N–H and O–H groups in total. The minimum absolute atomic E-state index is 0.206. The molecule has 0 aromatic heterocycles. The van der Waals surface area contributed by atoms with Gasteiger partial charge in [-0.1, -0.05) is 18.2 Å². The Morgan fingerprint density at radius 3 is 2.42 bits per heavy atom. The highest BCUT2D eigenvalue weighted by Gasteiger charge is 2.24. The minimum atomic E-state index is -3.38. The van der Waals surface area contributed by atoms with Crippen molar-refractivity contribution in [1.29, 1.82) is 0 Å². The first-order valence-corrected chi connectivity index (χ1v) is 12.9. The van der Waals surface area contributed by atoms with Crippen LogP contribution in [0.25, 0.3) is 11.1 Å². The maximum absolute atomic E-state index is 12.1. The minimum Gasteiger partial charge on any atom is -0.493 e. The Bertz CT molecular complexity index is 1420. The molecule has 0 atom stereocenters. The van der Waals surface area contributed by atoms with Crippen LogP contribution in [0.3, 0.4) is 0 Å². The van der Waals surface area contributed by atoms with Crippen LogP contribution in [0.15, 0.2) is 65.6 Å². The number of hydrogen-bond acceptors (Lipinski definition) is 8. The van der Waals surface area contributed by atoms with Gasteiger partial charge in [-0.3, -0.25) is 4.79 Å². The Morgan fingerprint density at radius 1 is 1.00 bits per heavy atom. The highest BCUT2D eigenvalue weighted by molar-refractivity contribution is 7.90. The summed E-state index contributed by atoms with van der Waals surface area (Å²) in [5.74, 6) is 0.990. The van der Waals surface area contributed by atoms with E-state index < -0.39 is 21.9 Å². The average molecular weight is 512 g/mol. The first-order chi connectivity index (χ1) is 17.1. The highest BCUT2D eigenvalue weighted by Crippen LogP contribution is 2.38. The van der Waals surface area contributed by atoms with Crippen molar-refractivity contribution in [2.75, 3.05) is 26.5 Å². The highest BCUT2D eigenvalue weighted by atomic mass is 32.2. The Morgan fingerprint density at radius 2 is 1.75 bits per heavy atom. The molecule has 1 aliphatic rings. The van der Waals surface area contributed by atoms with Gasteiger partial charge in [0.05, 0.1) is 25.1 Å². The van der Waals surface area contributed by atoms with Crippen LogP contribution >= 0.6 is 0 Å². The number of carbonyl (C=O) groups is 2. The van der Waals surface area contributed by atoms with E-state index in [1.165, 1.54) is 20.1 Å². The van der Waals surface area contributed by atoms with Crippen molar-refractivity contribution in [3.63, 3.8) is 0 Å². The maximum Gasteiger partial charge on any atom is 0.410 e. The van der Waals surface area contributed by atoms with Crippen molar-refractivity contribution in [2.24, 2.45) is 0 Å². The van der Waals surface area contributed by atoms with Crippen molar-refractivity contribution < 1.29 is 37.0 Å². The van der Waals surface area contributed by atoms with Gasteiger partial charge in [0.2, 0.25) is 0 Å². The first kappa shape index (κ1) is 25.1. The molecule has 3 aromatic rings. The largest absolute Gasteiger partial charge is 0.493 e. The number of ether oxygens (including phenoxy) is 4. The number of rotatable bonds is 8. The summed E-state index contributed by atoms with van der Waals surface area (Å²) in [4.78, 5) is 25.3. The van der Waals surface area contributed by atoms with Crippen LogP contribution in [0.2, 0.25) is 0 Å². The maximum atomic E-state index is 12.1. The average Bonchev–Trinajstić information content (AvgIpc) is 3.23. The first-order valence-electron chi connectivity index (χ1n) is 11.0. The van der Waals surface area contributed by atoms with Crippen LogP contribution in [0.5, 0.6) is 23.0 Å². The zero-order valence-electron chi connectivity index (χ0n) is 20.0. The molecule has 0 aliphatic carbocycles. The van der Waals surface area contributed by atoms with Crippen molar-refractivity contribution >= 4 is 21.9 Å². The van der Waals surface area contributed by atoms with Gasteiger partial charge in [-0.05, 0) is 47.5 Å². The van der Waals surface area contributed by atoms with E-state index >= 15 is 0 Å². The number of cyclic esters (lactones) is 1. The Hall–Kier alpha value is -4.05. The van der Waals surface area contributed by atoms with Gasteiger partial charge in [0.1, 0.15) is 18.1 Å². The summed E-state index contributed by atoms with van der Waals surface area (Å²) < 4.78 is 45.9.